The minimum absolute atomic E-state index is 0.105. The Morgan fingerprint density at radius 1 is 0.444 bits per heavy atom. The van der Waals surface area contributed by atoms with Crippen molar-refractivity contribution in [2.24, 2.45) is 0 Å². The van der Waals surface area contributed by atoms with Crippen molar-refractivity contribution in [2.45, 2.75) is 34.1 Å². The number of piperazine rings is 2. The van der Waals surface area contributed by atoms with Crippen molar-refractivity contribution in [3.63, 3.8) is 0 Å². The number of rotatable bonds is 14. The molecule has 2 aliphatic heterocycles. The molecule has 63 heavy (non-hydrogen) atoms. The summed E-state index contributed by atoms with van der Waals surface area (Å²) < 4.78 is 38.8. The average molecular weight is 863 g/mol. The van der Waals surface area contributed by atoms with Crippen LogP contribution in [0.2, 0.25) is 0 Å². The number of sulfone groups is 1. The van der Waals surface area contributed by atoms with Crippen molar-refractivity contribution in [2.75, 3.05) is 78.7 Å². The predicted molar refractivity (Wildman–Crippen MR) is 245 cm³/mol. The molecule has 2 N–H and O–H groups in total. The monoisotopic (exact) mass is 862 g/mol. The molecule has 0 amide bonds. The molecule has 0 saturated carbocycles. The summed E-state index contributed by atoms with van der Waals surface area (Å²) in [5.41, 5.74) is 10.7. The topological polar surface area (TPSA) is 106 Å². The first-order valence-corrected chi connectivity index (χ1v) is 23.6. The van der Waals surface area contributed by atoms with Crippen LogP contribution in [0, 0.1) is 0 Å². The first-order chi connectivity index (χ1) is 30.8. The quantitative estimate of drug-likeness (QED) is 0.122. The van der Waals surface area contributed by atoms with E-state index in [0.29, 0.717) is 24.6 Å². The third-order valence-corrected chi connectivity index (χ3v) is 15.0. The van der Waals surface area contributed by atoms with Crippen LogP contribution in [-0.2, 0) is 9.84 Å². The third-order valence-electron chi connectivity index (χ3n) is 13.2. The minimum atomic E-state index is -3.79. The molecule has 10 rings (SSSR count). The summed E-state index contributed by atoms with van der Waals surface area (Å²) in [6.45, 7) is 8.24. The van der Waals surface area contributed by atoms with Crippen LogP contribution >= 0.6 is 0 Å². The van der Waals surface area contributed by atoms with Gasteiger partial charge in [0, 0.05) is 65.4 Å². The maximum atomic E-state index is 13.5. The van der Waals surface area contributed by atoms with E-state index in [0.717, 1.165) is 52.4 Å². The van der Waals surface area contributed by atoms with Gasteiger partial charge in [0.25, 0.3) is 0 Å². The Hall–Kier alpha value is -5.37. The van der Waals surface area contributed by atoms with Crippen molar-refractivity contribution in [3.05, 3.63) is 168 Å². The fraction of sp³-hybridized carbons (Fsp3) is 0.308. The zero-order valence-electron chi connectivity index (χ0n) is 35.4. The van der Waals surface area contributed by atoms with Gasteiger partial charge in [0.1, 0.15) is 36.9 Å². The van der Waals surface area contributed by atoms with Gasteiger partial charge in [-0.2, -0.15) is 0 Å². The highest BCUT2D eigenvalue weighted by molar-refractivity contribution is 7.91. The van der Waals surface area contributed by atoms with Gasteiger partial charge in [0.15, 0.2) is 0 Å². The Kier molecular flexibility index (Phi) is 11.9. The highest BCUT2D eigenvalue weighted by atomic mass is 32.2. The number of hydrogen-bond acceptors (Lipinski definition) is 10. The molecule has 2 fully saturated rings. The van der Waals surface area contributed by atoms with E-state index < -0.39 is 22.0 Å². The van der Waals surface area contributed by atoms with Crippen LogP contribution in [0.1, 0.15) is 34.3 Å². The van der Waals surface area contributed by atoms with E-state index in [2.05, 4.69) is 117 Å². The zero-order valence-corrected chi connectivity index (χ0v) is 36.2. The van der Waals surface area contributed by atoms with Crippen LogP contribution in [-0.4, -0.2) is 129 Å². The molecule has 0 unspecified atom stereocenters. The van der Waals surface area contributed by atoms with Crippen LogP contribution in [0.15, 0.2) is 155 Å². The summed E-state index contributed by atoms with van der Waals surface area (Å²) in [7, 11) is -3.79. The van der Waals surface area contributed by atoms with Gasteiger partial charge in [0.05, 0.1) is 21.9 Å². The Bertz CT molecular complexity index is 2380. The van der Waals surface area contributed by atoms with Gasteiger partial charge >= 0.3 is 0 Å². The standard InChI is InChI=1S/C52H54N4O6S/c57-37(33-53-25-29-55(30-26-53)51-47-13-5-1-9-43(47)44-10-2-6-14-48(44)51)35-61-39-17-21-41(22-18-39)63(59,60)42-23-19-40(20-24-42)62-36-38(58)34-54-27-31-56(32-28-54)52-49-15-7-3-11-45(49)46-12-4-8-16-50(46)52/h1-24,37-38,51-52,57-58H,25-36H2/t37-,38-/m0/s1. The van der Waals surface area contributed by atoms with Crippen LogP contribution in [0.3, 0.4) is 0 Å². The first kappa shape index (κ1) is 41.6. The van der Waals surface area contributed by atoms with Gasteiger partial charge in [-0.3, -0.25) is 19.6 Å². The fourth-order valence-corrected chi connectivity index (χ4v) is 11.4. The highest BCUT2D eigenvalue weighted by Gasteiger charge is 2.36. The molecule has 0 radical (unpaired) electrons. The largest absolute Gasteiger partial charge is 0.491 e. The van der Waals surface area contributed by atoms with Gasteiger partial charge in [-0.15, -0.1) is 0 Å². The highest BCUT2D eigenvalue weighted by Crippen LogP contribution is 2.47. The Morgan fingerprint density at radius 3 is 1.06 bits per heavy atom. The summed E-state index contributed by atoms with van der Waals surface area (Å²) in [5.74, 6) is 0.983. The van der Waals surface area contributed by atoms with E-state index in [1.165, 1.54) is 68.8 Å². The van der Waals surface area contributed by atoms with Crippen LogP contribution in [0.5, 0.6) is 11.5 Å². The molecular weight excluding hydrogens is 809 g/mol. The molecule has 2 aliphatic carbocycles. The van der Waals surface area contributed by atoms with Crippen LogP contribution in [0.4, 0.5) is 0 Å². The van der Waals surface area contributed by atoms with E-state index in [4.69, 9.17) is 9.47 Å². The average Bonchev–Trinajstić information content (AvgIpc) is 3.84. The molecule has 4 aliphatic rings. The molecular formula is C52H54N4O6S. The Labute approximate surface area is 370 Å². The summed E-state index contributed by atoms with van der Waals surface area (Å²) >= 11 is 0. The van der Waals surface area contributed by atoms with E-state index >= 15 is 0 Å². The lowest BCUT2D eigenvalue weighted by atomic mass is 10.0. The lowest BCUT2D eigenvalue weighted by molar-refractivity contribution is 0.0404. The molecule has 0 spiro atoms. The summed E-state index contributed by atoms with van der Waals surface area (Å²) in [5, 5.41) is 21.8. The number of benzene rings is 6. The normalized spacial score (nSPS) is 18.3. The van der Waals surface area contributed by atoms with Crippen molar-refractivity contribution < 1.29 is 28.1 Å². The van der Waals surface area contributed by atoms with E-state index in [-0.39, 0.29) is 35.1 Å². The second kappa shape index (κ2) is 18.0. The lowest BCUT2D eigenvalue weighted by Gasteiger charge is -2.39. The maximum absolute atomic E-state index is 13.5. The minimum Gasteiger partial charge on any atom is -0.491 e. The van der Waals surface area contributed by atoms with E-state index in [1.807, 2.05) is 0 Å². The predicted octanol–water partition coefficient (Wildman–Crippen LogP) is 6.77. The number of aliphatic hydroxyl groups is 2. The molecule has 6 aromatic carbocycles. The van der Waals surface area contributed by atoms with Crippen LogP contribution < -0.4 is 9.47 Å². The molecule has 2 saturated heterocycles. The second-order valence-electron chi connectivity index (χ2n) is 17.2. The van der Waals surface area contributed by atoms with Crippen molar-refractivity contribution in [1.29, 1.82) is 0 Å². The lowest BCUT2D eigenvalue weighted by Crippen LogP contribution is -2.50. The third kappa shape index (κ3) is 8.55. The second-order valence-corrected chi connectivity index (χ2v) is 19.2. The van der Waals surface area contributed by atoms with Crippen molar-refractivity contribution in [3.8, 4) is 33.8 Å². The molecule has 6 aromatic rings. The van der Waals surface area contributed by atoms with Gasteiger partial charge < -0.3 is 19.7 Å². The SMILES string of the molecule is O=S(=O)(c1ccc(OC[C@@H](O)CN2CCN(C3c4ccccc4-c4ccccc43)CC2)cc1)c1ccc(OC[C@@H](O)CN2CCN(C3c4ccccc4-c4ccccc43)CC2)cc1. The molecule has 2 heterocycles. The van der Waals surface area contributed by atoms with Crippen molar-refractivity contribution >= 4 is 9.84 Å². The van der Waals surface area contributed by atoms with E-state index in [9.17, 15) is 18.6 Å². The molecule has 11 heteroatoms. The smallest absolute Gasteiger partial charge is 0.206 e. The Morgan fingerprint density at radius 2 is 0.746 bits per heavy atom. The van der Waals surface area contributed by atoms with Gasteiger partial charge in [-0.05, 0) is 93.0 Å². The number of β-amino-alcohol motifs (C(OH)–C–C–N with tert-alkyl or cyclic N) is 2. The van der Waals surface area contributed by atoms with Gasteiger partial charge in [0.2, 0.25) is 9.84 Å². The summed E-state index contributed by atoms with van der Waals surface area (Å²) in [6, 6.07) is 47.9. The molecule has 0 bridgehead atoms. The zero-order chi connectivity index (χ0) is 42.9. The van der Waals surface area contributed by atoms with Gasteiger partial charge in [-0.1, -0.05) is 97.1 Å². The number of hydrogen-bond donors (Lipinski definition) is 2. The molecule has 10 nitrogen and oxygen atoms in total. The maximum Gasteiger partial charge on any atom is 0.206 e. The summed E-state index contributed by atoms with van der Waals surface area (Å²) in [6.07, 6.45) is -1.38. The van der Waals surface area contributed by atoms with Crippen LogP contribution in [0.25, 0.3) is 22.3 Å². The summed E-state index contributed by atoms with van der Waals surface area (Å²) in [4.78, 5) is 9.95. The van der Waals surface area contributed by atoms with Crippen molar-refractivity contribution in [1.82, 2.24) is 19.6 Å². The molecule has 324 valence electrons. The molecule has 0 aromatic heterocycles. The number of ether oxygens (including phenoxy) is 2. The van der Waals surface area contributed by atoms with Gasteiger partial charge in [-0.25, -0.2) is 8.42 Å². The fourth-order valence-electron chi connectivity index (χ4n) is 10.1. The number of fused-ring (bicyclic) bond motifs is 6. The first-order valence-electron chi connectivity index (χ1n) is 22.2. The molecule has 2 atom stereocenters. The Balaban J connectivity index is 0.654. The number of nitrogens with zero attached hydrogens (tertiary/aromatic N) is 4. The number of aliphatic hydroxyl groups excluding tert-OH is 2. The van der Waals surface area contributed by atoms with E-state index in [1.54, 1.807) is 24.3 Å².